The summed E-state index contributed by atoms with van der Waals surface area (Å²) in [5.74, 6) is -2.19. The molecule has 0 aliphatic carbocycles. The monoisotopic (exact) mass is 277 g/mol. The zero-order chi connectivity index (χ0) is 14.9. The van der Waals surface area contributed by atoms with Crippen LogP contribution in [0.25, 0.3) is 0 Å². The van der Waals surface area contributed by atoms with Crippen molar-refractivity contribution < 1.29 is 19.1 Å². The number of hydrogen-bond acceptors (Lipinski definition) is 5. The normalized spacial score (nSPS) is 26.1. The number of methoxy groups -OCH3 is 1. The second-order valence-electron chi connectivity index (χ2n) is 5.20. The number of benzene rings is 1. The van der Waals surface area contributed by atoms with Gasteiger partial charge in [-0.05, 0) is 17.0 Å². The lowest BCUT2D eigenvalue weighted by Crippen LogP contribution is -2.47. The van der Waals surface area contributed by atoms with E-state index < -0.39 is 23.5 Å². The van der Waals surface area contributed by atoms with Crippen molar-refractivity contribution in [3.63, 3.8) is 0 Å². The Labute approximate surface area is 118 Å². The highest BCUT2D eigenvalue weighted by atomic mass is 16.6. The van der Waals surface area contributed by atoms with Crippen molar-refractivity contribution in [2.45, 2.75) is 31.9 Å². The van der Waals surface area contributed by atoms with Crippen molar-refractivity contribution >= 4 is 11.9 Å². The van der Waals surface area contributed by atoms with Gasteiger partial charge in [-0.3, -0.25) is 4.79 Å². The molecule has 1 aromatic carbocycles. The second-order valence-corrected chi connectivity index (χ2v) is 5.20. The molecule has 0 amide bonds. The first-order chi connectivity index (χ1) is 9.48. The topological polar surface area (TPSA) is 78.6 Å². The van der Waals surface area contributed by atoms with Crippen molar-refractivity contribution in [3.8, 4) is 0 Å². The van der Waals surface area contributed by atoms with Crippen LogP contribution in [0.15, 0.2) is 24.3 Å². The van der Waals surface area contributed by atoms with Gasteiger partial charge in [-0.15, -0.1) is 0 Å². The lowest BCUT2D eigenvalue weighted by Gasteiger charge is -2.32. The van der Waals surface area contributed by atoms with Crippen LogP contribution in [0.3, 0.4) is 0 Å². The van der Waals surface area contributed by atoms with E-state index in [9.17, 15) is 9.59 Å². The van der Waals surface area contributed by atoms with E-state index in [1.165, 1.54) is 7.11 Å². The van der Waals surface area contributed by atoms with Gasteiger partial charge in [-0.25, -0.2) is 4.79 Å². The predicted octanol–water partition coefficient (Wildman–Crippen LogP) is 1.35. The average molecular weight is 277 g/mol. The third-order valence-electron chi connectivity index (χ3n) is 3.96. The van der Waals surface area contributed by atoms with Gasteiger partial charge >= 0.3 is 11.9 Å². The van der Waals surface area contributed by atoms with Crippen molar-refractivity contribution in [2.75, 3.05) is 7.11 Å². The van der Waals surface area contributed by atoms with Gasteiger partial charge in [0.25, 0.3) is 0 Å². The third kappa shape index (κ3) is 1.94. The average Bonchev–Trinajstić information content (AvgIpc) is 2.69. The van der Waals surface area contributed by atoms with Crippen LogP contribution >= 0.6 is 0 Å². The SMILES string of the molecule is COC1(C(C)C)C(=O)OC(=O)C1c1ccccc1CN. The van der Waals surface area contributed by atoms with Crippen LogP contribution in [-0.2, 0) is 25.6 Å². The van der Waals surface area contributed by atoms with Crippen LogP contribution in [0.5, 0.6) is 0 Å². The molecular formula is C15H19NO4. The van der Waals surface area contributed by atoms with E-state index in [-0.39, 0.29) is 12.5 Å². The minimum absolute atomic E-state index is 0.206. The summed E-state index contributed by atoms with van der Waals surface area (Å²) in [5.41, 5.74) is 5.94. The molecule has 1 heterocycles. The summed E-state index contributed by atoms with van der Waals surface area (Å²) in [4.78, 5) is 24.3. The standard InChI is InChI=1S/C15H19NO4/c1-9(2)15(19-3)12(13(17)20-14(15)18)11-7-5-4-6-10(11)8-16/h4-7,9,12H,8,16H2,1-3H3. The fourth-order valence-corrected chi connectivity index (χ4v) is 2.89. The molecule has 2 N–H and O–H groups in total. The molecule has 1 aliphatic heterocycles. The quantitative estimate of drug-likeness (QED) is 0.664. The van der Waals surface area contributed by atoms with E-state index in [2.05, 4.69) is 0 Å². The number of esters is 2. The van der Waals surface area contributed by atoms with Gasteiger partial charge in [0.1, 0.15) is 5.92 Å². The van der Waals surface area contributed by atoms with Crippen LogP contribution in [0, 0.1) is 5.92 Å². The molecule has 0 radical (unpaired) electrons. The molecule has 5 heteroatoms. The molecule has 5 nitrogen and oxygen atoms in total. The maximum Gasteiger partial charge on any atom is 0.347 e. The number of carbonyl (C=O) groups is 2. The van der Waals surface area contributed by atoms with Crippen LogP contribution in [0.2, 0.25) is 0 Å². The Balaban J connectivity index is 2.62. The van der Waals surface area contributed by atoms with Gasteiger partial charge in [-0.1, -0.05) is 38.1 Å². The largest absolute Gasteiger partial charge is 0.390 e. The second kappa shape index (κ2) is 5.34. The van der Waals surface area contributed by atoms with Crippen LogP contribution in [0.4, 0.5) is 0 Å². The molecule has 2 atom stereocenters. The number of hydrogen-bond donors (Lipinski definition) is 1. The predicted molar refractivity (Wildman–Crippen MR) is 72.8 cm³/mol. The first kappa shape index (κ1) is 14.7. The first-order valence-corrected chi connectivity index (χ1v) is 6.58. The molecule has 1 aromatic rings. The smallest absolute Gasteiger partial charge is 0.347 e. The van der Waals surface area contributed by atoms with Crippen molar-refractivity contribution in [2.24, 2.45) is 11.7 Å². The minimum atomic E-state index is -1.29. The van der Waals surface area contributed by atoms with Gasteiger partial charge in [0.15, 0.2) is 5.60 Å². The molecule has 108 valence electrons. The van der Waals surface area contributed by atoms with Crippen molar-refractivity contribution in [1.29, 1.82) is 0 Å². The molecule has 20 heavy (non-hydrogen) atoms. The Bertz CT molecular complexity index is 540. The summed E-state index contributed by atoms with van der Waals surface area (Å²) in [7, 11) is 1.43. The van der Waals surface area contributed by atoms with E-state index in [0.29, 0.717) is 5.56 Å². The van der Waals surface area contributed by atoms with Crippen LogP contribution < -0.4 is 5.73 Å². The van der Waals surface area contributed by atoms with E-state index in [1.807, 2.05) is 32.0 Å². The highest BCUT2D eigenvalue weighted by Gasteiger charge is 2.61. The van der Waals surface area contributed by atoms with E-state index in [1.54, 1.807) is 6.07 Å². The maximum absolute atomic E-state index is 12.2. The molecule has 0 saturated carbocycles. The molecule has 0 bridgehead atoms. The number of ether oxygens (including phenoxy) is 2. The summed E-state index contributed by atoms with van der Waals surface area (Å²) in [5, 5.41) is 0. The lowest BCUT2D eigenvalue weighted by molar-refractivity contribution is -0.163. The molecule has 0 spiro atoms. The van der Waals surface area contributed by atoms with Crippen molar-refractivity contribution in [3.05, 3.63) is 35.4 Å². The Hall–Kier alpha value is -1.72. The summed E-state index contributed by atoms with van der Waals surface area (Å²) >= 11 is 0. The highest BCUT2D eigenvalue weighted by Crippen LogP contribution is 2.44. The van der Waals surface area contributed by atoms with Gasteiger partial charge in [-0.2, -0.15) is 0 Å². The van der Waals surface area contributed by atoms with E-state index >= 15 is 0 Å². The number of cyclic esters (lactones) is 2. The molecule has 1 fully saturated rings. The highest BCUT2D eigenvalue weighted by molar-refractivity contribution is 6.04. The molecule has 2 unspecified atom stereocenters. The Kier molecular flexibility index (Phi) is 3.92. The van der Waals surface area contributed by atoms with Gasteiger partial charge < -0.3 is 15.2 Å². The Morgan fingerprint density at radius 3 is 2.55 bits per heavy atom. The molecule has 1 aliphatic rings. The van der Waals surface area contributed by atoms with Gasteiger partial charge in [0, 0.05) is 13.7 Å². The number of rotatable bonds is 4. The fraction of sp³-hybridized carbons (Fsp3) is 0.467. The van der Waals surface area contributed by atoms with Gasteiger partial charge in [0.2, 0.25) is 0 Å². The molecular weight excluding hydrogens is 258 g/mol. The number of carbonyl (C=O) groups excluding carboxylic acids is 2. The number of nitrogens with two attached hydrogens (primary N) is 1. The van der Waals surface area contributed by atoms with E-state index in [0.717, 1.165) is 5.56 Å². The maximum atomic E-state index is 12.2. The van der Waals surface area contributed by atoms with Crippen LogP contribution in [-0.4, -0.2) is 24.6 Å². The molecule has 0 aromatic heterocycles. The lowest BCUT2D eigenvalue weighted by atomic mass is 9.75. The summed E-state index contributed by atoms with van der Waals surface area (Å²) in [6, 6.07) is 7.29. The molecule has 1 saturated heterocycles. The molecule has 2 rings (SSSR count). The van der Waals surface area contributed by atoms with Gasteiger partial charge in [0.05, 0.1) is 0 Å². The zero-order valence-electron chi connectivity index (χ0n) is 11.9. The summed E-state index contributed by atoms with van der Waals surface area (Å²) in [6.07, 6.45) is 0. The first-order valence-electron chi connectivity index (χ1n) is 6.58. The summed E-state index contributed by atoms with van der Waals surface area (Å²) < 4.78 is 10.3. The Morgan fingerprint density at radius 2 is 2.00 bits per heavy atom. The minimum Gasteiger partial charge on any atom is -0.390 e. The van der Waals surface area contributed by atoms with E-state index in [4.69, 9.17) is 15.2 Å². The summed E-state index contributed by atoms with van der Waals surface area (Å²) in [6.45, 7) is 3.95. The van der Waals surface area contributed by atoms with Crippen molar-refractivity contribution in [1.82, 2.24) is 0 Å². The zero-order valence-corrected chi connectivity index (χ0v) is 11.9. The van der Waals surface area contributed by atoms with Crippen LogP contribution in [0.1, 0.15) is 30.9 Å². The third-order valence-corrected chi connectivity index (χ3v) is 3.96. The Morgan fingerprint density at radius 1 is 1.35 bits per heavy atom. The fourth-order valence-electron chi connectivity index (χ4n) is 2.89.